The Morgan fingerprint density at radius 1 is 1.64 bits per heavy atom. The monoisotopic (exact) mass is 201 g/mol. The smallest absolute Gasteiger partial charge is 0.247 e. The van der Waals surface area contributed by atoms with Crippen molar-refractivity contribution < 1.29 is 9.90 Å². The summed E-state index contributed by atoms with van der Waals surface area (Å²) in [7, 11) is 0. The molecule has 1 aliphatic rings. The highest BCUT2D eigenvalue weighted by Gasteiger charge is 2.14. The van der Waals surface area contributed by atoms with Crippen LogP contribution in [0.1, 0.15) is 19.3 Å². The second-order valence-corrected chi connectivity index (χ2v) is 3.72. The lowest BCUT2D eigenvalue weighted by Gasteiger charge is -2.24. The molecule has 0 bridgehead atoms. The molecule has 14 heavy (non-hydrogen) atoms. The number of aliphatic hydroxyl groups is 1. The average Bonchev–Trinajstić information content (AvgIpc) is 2.19. The molecule has 1 heterocycles. The minimum atomic E-state index is -1.07. The fourth-order valence-corrected chi connectivity index (χ4v) is 1.59. The predicted octanol–water partition coefficient (Wildman–Crippen LogP) is -1.44. The van der Waals surface area contributed by atoms with Gasteiger partial charge >= 0.3 is 0 Å². The van der Waals surface area contributed by atoms with E-state index in [1.165, 1.54) is 12.8 Å². The largest absolute Gasteiger partial charge is 0.382 e. The molecular weight excluding hydrogens is 182 g/mol. The summed E-state index contributed by atoms with van der Waals surface area (Å²) in [5.74, 6) is -0.672. The third kappa shape index (κ3) is 4.04. The Morgan fingerprint density at radius 3 is 3.00 bits per heavy atom. The molecule has 0 aliphatic carbocycles. The molecule has 5 heteroatoms. The molecule has 82 valence electrons. The number of aliphatic hydroxyl groups excluding tert-OH is 1. The molecule has 0 spiro atoms. The van der Waals surface area contributed by atoms with E-state index in [1.807, 2.05) is 0 Å². The topological polar surface area (TPSA) is 87.4 Å². The standard InChI is InChI=1S/C9H19N3O2/c10-9(14)8(13)6-11-5-7-3-1-2-4-12-7/h7-8,11-13H,1-6H2,(H2,10,14). The average molecular weight is 201 g/mol. The summed E-state index contributed by atoms with van der Waals surface area (Å²) < 4.78 is 0. The third-order valence-electron chi connectivity index (χ3n) is 2.47. The van der Waals surface area contributed by atoms with Gasteiger partial charge in [-0.05, 0) is 19.4 Å². The minimum Gasteiger partial charge on any atom is -0.382 e. The van der Waals surface area contributed by atoms with E-state index in [1.54, 1.807) is 0 Å². The summed E-state index contributed by atoms with van der Waals surface area (Å²) >= 11 is 0. The quantitative estimate of drug-likeness (QED) is 0.439. The fraction of sp³-hybridized carbons (Fsp3) is 0.889. The highest BCUT2D eigenvalue weighted by atomic mass is 16.3. The van der Waals surface area contributed by atoms with Crippen molar-refractivity contribution in [3.8, 4) is 0 Å². The van der Waals surface area contributed by atoms with Gasteiger partial charge in [-0.1, -0.05) is 6.42 Å². The summed E-state index contributed by atoms with van der Waals surface area (Å²) in [6.45, 7) is 2.09. The first-order chi connectivity index (χ1) is 6.70. The number of amides is 1. The van der Waals surface area contributed by atoms with E-state index in [-0.39, 0.29) is 6.54 Å². The zero-order valence-electron chi connectivity index (χ0n) is 8.33. The second-order valence-electron chi connectivity index (χ2n) is 3.72. The Hall–Kier alpha value is -0.650. The van der Waals surface area contributed by atoms with E-state index in [0.717, 1.165) is 19.5 Å². The maximum atomic E-state index is 10.5. The summed E-state index contributed by atoms with van der Waals surface area (Å²) in [6.07, 6.45) is 2.57. The number of piperidine rings is 1. The molecule has 1 amide bonds. The van der Waals surface area contributed by atoms with Gasteiger partial charge in [0.1, 0.15) is 6.10 Å². The fourth-order valence-electron chi connectivity index (χ4n) is 1.59. The van der Waals surface area contributed by atoms with Crippen LogP contribution in [0.15, 0.2) is 0 Å². The normalized spacial score (nSPS) is 24.5. The molecule has 1 rings (SSSR count). The molecular formula is C9H19N3O2. The lowest BCUT2D eigenvalue weighted by Crippen LogP contribution is -2.45. The minimum absolute atomic E-state index is 0.244. The first-order valence-corrected chi connectivity index (χ1v) is 5.11. The number of hydrogen-bond donors (Lipinski definition) is 4. The Labute approximate surface area is 84.0 Å². The molecule has 0 radical (unpaired) electrons. The van der Waals surface area contributed by atoms with E-state index in [2.05, 4.69) is 10.6 Å². The number of carbonyl (C=O) groups excluding carboxylic acids is 1. The van der Waals surface area contributed by atoms with Gasteiger partial charge in [0, 0.05) is 19.1 Å². The van der Waals surface area contributed by atoms with Crippen LogP contribution in [-0.4, -0.2) is 42.8 Å². The van der Waals surface area contributed by atoms with Gasteiger partial charge in [0.2, 0.25) is 5.91 Å². The van der Waals surface area contributed by atoms with Gasteiger partial charge in [-0.2, -0.15) is 0 Å². The Morgan fingerprint density at radius 2 is 2.43 bits per heavy atom. The van der Waals surface area contributed by atoms with Crippen molar-refractivity contribution in [2.45, 2.75) is 31.4 Å². The molecule has 5 N–H and O–H groups in total. The van der Waals surface area contributed by atoms with Crippen LogP contribution in [0.3, 0.4) is 0 Å². The maximum Gasteiger partial charge on any atom is 0.247 e. The molecule has 0 aromatic heterocycles. The number of carbonyl (C=O) groups is 1. The Kier molecular flexibility index (Phi) is 4.86. The lowest BCUT2D eigenvalue weighted by atomic mass is 10.1. The third-order valence-corrected chi connectivity index (χ3v) is 2.47. The van der Waals surface area contributed by atoms with E-state index in [4.69, 9.17) is 10.8 Å². The van der Waals surface area contributed by atoms with E-state index in [0.29, 0.717) is 6.04 Å². The molecule has 2 unspecified atom stereocenters. The Balaban J connectivity index is 2.05. The van der Waals surface area contributed by atoms with Crippen LogP contribution < -0.4 is 16.4 Å². The highest BCUT2D eigenvalue weighted by molar-refractivity contribution is 5.78. The van der Waals surface area contributed by atoms with E-state index in [9.17, 15) is 4.79 Å². The van der Waals surface area contributed by atoms with Gasteiger partial charge < -0.3 is 21.5 Å². The van der Waals surface area contributed by atoms with Gasteiger partial charge in [-0.3, -0.25) is 4.79 Å². The number of nitrogens with two attached hydrogens (primary N) is 1. The number of hydrogen-bond acceptors (Lipinski definition) is 4. The van der Waals surface area contributed by atoms with Gasteiger partial charge in [-0.25, -0.2) is 0 Å². The zero-order valence-corrected chi connectivity index (χ0v) is 8.33. The predicted molar refractivity (Wildman–Crippen MR) is 53.7 cm³/mol. The summed E-state index contributed by atoms with van der Waals surface area (Å²) in [5, 5.41) is 15.5. The van der Waals surface area contributed by atoms with Crippen LogP contribution >= 0.6 is 0 Å². The van der Waals surface area contributed by atoms with Crippen LogP contribution in [-0.2, 0) is 4.79 Å². The van der Waals surface area contributed by atoms with Crippen molar-refractivity contribution in [1.29, 1.82) is 0 Å². The number of rotatable bonds is 5. The maximum absolute atomic E-state index is 10.5. The molecule has 5 nitrogen and oxygen atoms in total. The van der Waals surface area contributed by atoms with Crippen LogP contribution in [0.5, 0.6) is 0 Å². The van der Waals surface area contributed by atoms with Crippen LogP contribution in [0, 0.1) is 0 Å². The SMILES string of the molecule is NC(=O)C(O)CNCC1CCCCN1. The van der Waals surface area contributed by atoms with Crippen molar-refractivity contribution in [1.82, 2.24) is 10.6 Å². The van der Waals surface area contributed by atoms with Crippen molar-refractivity contribution in [3.05, 3.63) is 0 Å². The van der Waals surface area contributed by atoms with E-state index < -0.39 is 12.0 Å². The van der Waals surface area contributed by atoms with Crippen molar-refractivity contribution >= 4 is 5.91 Å². The second kappa shape index (κ2) is 5.95. The van der Waals surface area contributed by atoms with Gasteiger partial charge in [0.15, 0.2) is 0 Å². The first kappa shape index (κ1) is 11.4. The molecule has 2 atom stereocenters. The molecule has 0 saturated carbocycles. The van der Waals surface area contributed by atoms with Gasteiger partial charge in [-0.15, -0.1) is 0 Å². The van der Waals surface area contributed by atoms with Gasteiger partial charge in [0.25, 0.3) is 0 Å². The van der Waals surface area contributed by atoms with Crippen LogP contribution in [0.2, 0.25) is 0 Å². The Bertz CT molecular complexity index is 181. The first-order valence-electron chi connectivity index (χ1n) is 5.11. The van der Waals surface area contributed by atoms with Crippen molar-refractivity contribution in [3.63, 3.8) is 0 Å². The summed E-state index contributed by atoms with van der Waals surface area (Å²) in [6, 6.07) is 0.462. The zero-order chi connectivity index (χ0) is 10.4. The molecule has 1 aliphatic heterocycles. The number of primary amides is 1. The molecule has 1 saturated heterocycles. The summed E-state index contributed by atoms with van der Waals surface area (Å²) in [4.78, 5) is 10.5. The molecule has 1 fully saturated rings. The summed E-state index contributed by atoms with van der Waals surface area (Å²) in [5.41, 5.74) is 4.91. The van der Waals surface area contributed by atoms with Crippen LogP contribution in [0.4, 0.5) is 0 Å². The highest BCUT2D eigenvalue weighted by Crippen LogP contribution is 2.05. The van der Waals surface area contributed by atoms with Crippen molar-refractivity contribution in [2.75, 3.05) is 19.6 Å². The molecule has 0 aromatic rings. The van der Waals surface area contributed by atoms with E-state index >= 15 is 0 Å². The lowest BCUT2D eigenvalue weighted by molar-refractivity contribution is -0.125. The van der Waals surface area contributed by atoms with Gasteiger partial charge in [0.05, 0.1) is 0 Å². The van der Waals surface area contributed by atoms with Crippen LogP contribution in [0.25, 0.3) is 0 Å². The molecule has 0 aromatic carbocycles. The van der Waals surface area contributed by atoms with Crippen molar-refractivity contribution in [2.24, 2.45) is 5.73 Å². The number of nitrogens with one attached hydrogen (secondary N) is 2.